The molecule has 0 unspecified atom stereocenters. The summed E-state index contributed by atoms with van der Waals surface area (Å²) in [6, 6.07) is 3.88. The van der Waals surface area contributed by atoms with Gasteiger partial charge in [-0.25, -0.2) is 13.4 Å². The molecular weight excluding hydrogens is 314 g/mol. The normalized spacial score (nSPS) is 17.8. The Kier molecular flexibility index (Phi) is 5.62. The molecule has 1 aromatic rings. The highest BCUT2D eigenvalue weighted by Crippen LogP contribution is 2.21. The zero-order valence-electron chi connectivity index (χ0n) is 13.9. The van der Waals surface area contributed by atoms with Crippen LogP contribution in [0.1, 0.15) is 32.3 Å². The first-order valence-corrected chi connectivity index (χ1v) is 9.89. The molecule has 128 valence electrons. The number of sulfone groups is 1. The molecule has 0 saturated carbocycles. The van der Waals surface area contributed by atoms with Crippen LogP contribution < -0.4 is 10.2 Å². The average Bonchev–Trinajstić information content (AvgIpc) is 2.52. The predicted octanol–water partition coefficient (Wildman–Crippen LogP) is 1.37. The summed E-state index contributed by atoms with van der Waals surface area (Å²) in [7, 11) is -3.37. The number of nitrogens with zero attached hydrogens (tertiary/aromatic N) is 2. The largest absolute Gasteiger partial charge is 0.357 e. The van der Waals surface area contributed by atoms with Gasteiger partial charge in [0.1, 0.15) is 11.1 Å². The highest BCUT2D eigenvalue weighted by atomic mass is 32.2. The molecule has 0 aromatic carbocycles. The minimum absolute atomic E-state index is 0.281. The second-order valence-corrected chi connectivity index (χ2v) is 8.75. The predicted molar refractivity (Wildman–Crippen MR) is 91.0 cm³/mol. The van der Waals surface area contributed by atoms with E-state index in [1.54, 1.807) is 6.20 Å². The van der Waals surface area contributed by atoms with Gasteiger partial charge in [-0.05, 0) is 37.3 Å². The molecule has 0 bridgehead atoms. The van der Waals surface area contributed by atoms with E-state index < -0.39 is 21.0 Å². The van der Waals surface area contributed by atoms with Crippen molar-refractivity contribution in [3.05, 3.63) is 23.9 Å². The Labute approximate surface area is 138 Å². The average molecular weight is 339 g/mol. The number of nitrogens with one attached hydrogen (secondary N) is 1. The lowest BCUT2D eigenvalue weighted by atomic mass is 9.99. The Morgan fingerprint density at radius 1 is 1.39 bits per heavy atom. The highest BCUT2D eigenvalue weighted by Gasteiger charge is 2.23. The van der Waals surface area contributed by atoms with E-state index in [9.17, 15) is 13.2 Å². The quantitative estimate of drug-likeness (QED) is 0.876. The van der Waals surface area contributed by atoms with Gasteiger partial charge in [-0.1, -0.05) is 13.0 Å². The summed E-state index contributed by atoms with van der Waals surface area (Å²) < 4.78 is 22.7. The second-order valence-electron chi connectivity index (χ2n) is 6.38. The van der Waals surface area contributed by atoms with Crippen LogP contribution in [0.2, 0.25) is 0 Å². The number of hydrogen-bond acceptors (Lipinski definition) is 5. The first kappa shape index (κ1) is 17.7. The topological polar surface area (TPSA) is 79.4 Å². The Bertz CT molecular complexity index is 635. The molecule has 1 fully saturated rings. The molecule has 0 aliphatic carbocycles. The van der Waals surface area contributed by atoms with Crippen molar-refractivity contribution in [3.8, 4) is 0 Å². The fourth-order valence-corrected chi connectivity index (χ4v) is 2.95. The van der Waals surface area contributed by atoms with Crippen LogP contribution in [0.5, 0.6) is 0 Å². The Morgan fingerprint density at radius 2 is 2.04 bits per heavy atom. The van der Waals surface area contributed by atoms with E-state index in [-0.39, 0.29) is 6.54 Å². The van der Waals surface area contributed by atoms with Gasteiger partial charge in [0.2, 0.25) is 5.91 Å². The molecule has 1 aliphatic rings. The zero-order valence-corrected chi connectivity index (χ0v) is 14.8. The number of carbonyl (C=O) groups is 1. The van der Waals surface area contributed by atoms with Gasteiger partial charge in [0.15, 0.2) is 9.84 Å². The van der Waals surface area contributed by atoms with E-state index >= 15 is 0 Å². The van der Waals surface area contributed by atoms with Crippen molar-refractivity contribution in [2.24, 2.45) is 5.92 Å². The van der Waals surface area contributed by atoms with E-state index in [1.807, 2.05) is 12.1 Å². The van der Waals surface area contributed by atoms with Gasteiger partial charge in [0, 0.05) is 32.1 Å². The lowest BCUT2D eigenvalue weighted by Crippen LogP contribution is -2.37. The SMILES string of the molecule is CC1CCN(c2ccc(CNC(=O)[C@@H](C)S(C)(=O)=O)cn2)CC1. The zero-order chi connectivity index (χ0) is 17.0. The van der Waals surface area contributed by atoms with Crippen LogP contribution in [0.3, 0.4) is 0 Å². The smallest absolute Gasteiger partial charge is 0.238 e. The number of pyridine rings is 1. The minimum Gasteiger partial charge on any atom is -0.357 e. The third-order valence-electron chi connectivity index (χ3n) is 4.39. The molecule has 1 saturated heterocycles. The molecule has 1 aromatic heterocycles. The minimum atomic E-state index is -3.37. The lowest BCUT2D eigenvalue weighted by Gasteiger charge is -2.31. The van der Waals surface area contributed by atoms with E-state index in [1.165, 1.54) is 19.8 Å². The highest BCUT2D eigenvalue weighted by molar-refractivity contribution is 7.92. The number of aromatic nitrogens is 1. The third-order valence-corrected chi connectivity index (χ3v) is 5.89. The van der Waals surface area contributed by atoms with Gasteiger partial charge in [0.05, 0.1) is 0 Å². The number of piperidine rings is 1. The Hall–Kier alpha value is -1.63. The summed E-state index contributed by atoms with van der Waals surface area (Å²) in [5.74, 6) is 1.25. The van der Waals surface area contributed by atoms with Crippen molar-refractivity contribution in [1.82, 2.24) is 10.3 Å². The van der Waals surface area contributed by atoms with Crippen LogP contribution in [0.15, 0.2) is 18.3 Å². The molecule has 0 spiro atoms. The third kappa shape index (κ3) is 4.92. The lowest BCUT2D eigenvalue weighted by molar-refractivity contribution is -0.120. The number of amides is 1. The number of rotatable bonds is 5. The van der Waals surface area contributed by atoms with E-state index in [2.05, 4.69) is 22.1 Å². The van der Waals surface area contributed by atoms with E-state index in [0.717, 1.165) is 36.6 Å². The van der Waals surface area contributed by atoms with Crippen molar-refractivity contribution in [2.45, 2.75) is 38.5 Å². The summed E-state index contributed by atoms with van der Waals surface area (Å²) >= 11 is 0. The van der Waals surface area contributed by atoms with Crippen molar-refractivity contribution in [1.29, 1.82) is 0 Å². The van der Waals surface area contributed by atoms with Gasteiger partial charge in [-0.15, -0.1) is 0 Å². The molecule has 6 nitrogen and oxygen atoms in total. The molecule has 2 heterocycles. The molecule has 1 aliphatic heterocycles. The maximum absolute atomic E-state index is 11.8. The first-order chi connectivity index (χ1) is 10.8. The molecule has 7 heteroatoms. The monoisotopic (exact) mass is 339 g/mol. The summed E-state index contributed by atoms with van der Waals surface area (Å²) in [5.41, 5.74) is 0.855. The second kappa shape index (κ2) is 7.29. The first-order valence-electron chi connectivity index (χ1n) is 7.94. The van der Waals surface area contributed by atoms with Crippen LogP contribution in [0, 0.1) is 5.92 Å². The summed E-state index contributed by atoms with van der Waals surface area (Å²) in [5, 5.41) is 1.60. The number of anilines is 1. The molecule has 0 radical (unpaired) electrons. The van der Waals surface area contributed by atoms with Crippen LogP contribution in [-0.2, 0) is 21.2 Å². The maximum atomic E-state index is 11.8. The van der Waals surface area contributed by atoms with Gasteiger partial charge in [-0.2, -0.15) is 0 Å². The standard InChI is InChI=1S/C16H25N3O3S/c1-12-6-8-19(9-7-12)15-5-4-14(10-17-15)11-18-16(20)13(2)23(3,21)22/h4-5,10,12-13H,6-9,11H2,1-3H3,(H,18,20)/t13-/m1/s1. The summed E-state index contributed by atoms with van der Waals surface area (Å²) in [6.07, 6.45) is 5.16. The molecule has 1 N–H and O–H groups in total. The number of hydrogen-bond donors (Lipinski definition) is 1. The van der Waals surface area contributed by atoms with E-state index in [4.69, 9.17) is 0 Å². The van der Waals surface area contributed by atoms with Crippen LogP contribution in [0.4, 0.5) is 5.82 Å². The van der Waals surface area contributed by atoms with Crippen molar-refractivity contribution in [2.75, 3.05) is 24.2 Å². The molecule has 1 amide bonds. The van der Waals surface area contributed by atoms with Gasteiger partial charge >= 0.3 is 0 Å². The van der Waals surface area contributed by atoms with Crippen LogP contribution in [-0.4, -0.2) is 43.9 Å². The van der Waals surface area contributed by atoms with Gasteiger partial charge in [0.25, 0.3) is 0 Å². The van der Waals surface area contributed by atoms with Crippen molar-refractivity contribution < 1.29 is 13.2 Å². The molecule has 23 heavy (non-hydrogen) atoms. The van der Waals surface area contributed by atoms with Crippen molar-refractivity contribution in [3.63, 3.8) is 0 Å². The molecule has 1 atom stereocenters. The Morgan fingerprint density at radius 3 is 2.57 bits per heavy atom. The fourth-order valence-electron chi connectivity index (χ4n) is 2.47. The Balaban J connectivity index is 1.89. The van der Waals surface area contributed by atoms with Gasteiger partial charge in [-0.3, -0.25) is 4.79 Å². The van der Waals surface area contributed by atoms with Gasteiger partial charge < -0.3 is 10.2 Å². The molecule has 2 rings (SSSR count). The maximum Gasteiger partial charge on any atom is 0.238 e. The van der Waals surface area contributed by atoms with Crippen molar-refractivity contribution >= 4 is 21.6 Å². The number of carbonyl (C=O) groups excluding carboxylic acids is 1. The van der Waals surface area contributed by atoms with Crippen LogP contribution >= 0.6 is 0 Å². The summed E-state index contributed by atoms with van der Waals surface area (Å²) in [6.45, 7) is 5.99. The summed E-state index contributed by atoms with van der Waals surface area (Å²) in [4.78, 5) is 18.5. The van der Waals surface area contributed by atoms with E-state index in [0.29, 0.717) is 0 Å². The van der Waals surface area contributed by atoms with Crippen LogP contribution in [0.25, 0.3) is 0 Å². The fraction of sp³-hybridized carbons (Fsp3) is 0.625. The molecular formula is C16H25N3O3S.